The molecule has 0 aromatic heterocycles. The van der Waals surface area contributed by atoms with Gasteiger partial charge in [0, 0.05) is 12.6 Å². The van der Waals surface area contributed by atoms with Gasteiger partial charge < -0.3 is 14.8 Å². The van der Waals surface area contributed by atoms with Crippen molar-refractivity contribution in [2.24, 2.45) is 0 Å². The lowest BCUT2D eigenvalue weighted by Crippen LogP contribution is -2.35. The van der Waals surface area contributed by atoms with Gasteiger partial charge in [-0.25, -0.2) is 0 Å². The van der Waals surface area contributed by atoms with Crippen molar-refractivity contribution in [3.63, 3.8) is 0 Å². The number of nitrogens with one attached hydrogen (secondary N) is 1. The Kier molecular flexibility index (Phi) is 4.88. The number of hydrogen-bond acceptors (Lipinski definition) is 3. The standard InChI is InChI=1S/C15H23NO2/c1-12(11-16-13-5-3-4-6-13)18-15-9-7-14(17-2)8-10-15/h7-10,12-13,16H,3-6,11H2,1-2H3. The van der Waals surface area contributed by atoms with E-state index in [9.17, 15) is 0 Å². The molecule has 2 rings (SSSR count). The quantitative estimate of drug-likeness (QED) is 0.840. The van der Waals surface area contributed by atoms with Gasteiger partial charge in [0.2, 0.25) is 0 Å². The molecule has 0 aliphatic heterocycles. The average Bonchev–Trinajstić information content (AvgIpc) is 2.90. The molecule has 0 heterocycles. The van der Waals surface area contributed by atoms with Crippen molar-refractivity contribution in [3.8, 4) is 11.5 Å². The first kappa shape index (κ1) is 13.2. The maximum absolute atomic E-state index is 5.86. The average molecular weight is 249 g/mol. The van der Waals surface area contributed by atoms with Crippen molar-refractivity contribution < 1.29 is 9.47 Å². The molecule has 0 amide bonds. The smallest absolute Gasteiger partial charge is 0.120 e. The second-order valence-electron chi connectivity index (χ2n) is 4.99. The molecule has 1 unspecified atom stereocenters. The Labute approximate surface area is 109 Å². The van der Waals surface area contributed by atoms with Crippen LogP contribution < -0.4 is 14.8 Å². The molecule has 3 nitrogen and oxygen atoms in total. The zero-order chi connectivity index (χ0) is 12.8. The summed E-state index contributed by atoms with van der Waals surface area (Å²) < 4.78 is 11.0. The SMILES string of the molecule is COc1ccc(OC(C)CNC2CCCC2)cc1. The molecular weight excluding hydrogens is 226 g/mol. The van der Waals surface area contributed by atoms with Crippen molar-refractivity contribution in [2.75, 3.05) is 13.7 Å². The predicted molar refractivity (Wildman–Crippen MR) is 73.3 cm³/mol. The normalized spacial score (nSPS) is 17.7. The van der Waals surface area contributed by atoms with E-state index in [0.29, 0.717) is 6.04 Å². The van der Waals surface area contributed by atoms with Crippen LogP contribution in [0.15, 0.2) is 24.3 Å². The topological polar surface area (TPSA) is 30.5 Å². The number of ether oxygens (including phenoxy) is 2. The molecule has 0 bridgehead atoms. The van der Waals surface area contributed by atoms with Crippen molar-refractivity contribution in [1.82, 2.24) is 5.32 Å². The first-order chi connectivity index (χ1) is 8.78. The van der Waals surface area contributed by atoms with Crippen LogP contribution in [0.3, 0.4) is 0 Å². The van der Waals surface area contributed by atoms with E-state index in [1.807, 2.05) is 24.3 Å². The minimum Gasteiger partial charge on any atom is -0.497 e. The zero-order valence-corrected chi connectivity index (χ0v) is 11.3. The van der Waals surface area contributed by atoms with Gasteiger partial charge in [0.1, 0.15) is 17.6 Å². The minimum absolute atomic E-state index is 0.194. The van der Waals surface area contributed by atoms with E-state index >= 15 is 0 Å². The van der Waals surface area contributed by atoms with Gasteiger partial charge in [-0.3, -0.25) is 0 Å². The van der Waals surface area contributed by atoms with Gasteiger partial charge in [0.05, 0.1) is 7.11 Å². The van der Waals surface area contributed by atoms with Gasteiger partial charge in [-0.2, -0.15) is 0 Å². The van der Waals surface area contributed by atoms with Gasteiger partial charge in [-0.1, -0.05) is 12.8 Å². The highest BCUT2D eigenvalue weighted by molar-refractivity contribution is 5.31. The summed E-state index contributed by atoms with van der Waals surface area (Å²) in [5.74, 6) is 1.76. The van der Waals surface area contributed by atoms with Crippen LogP contribution >= 0.6 is 0 Å². The van der Waals surface area contributed by atoms with Crippen molar-refractivity contribution >= 4 is 0 Å². The Hall–Kier alpha value is -1.22. The van der Waals surface area contributed by atoms with Crippen LogP contribution in [0.2, 0.25) is 0 Å². The third kappa shape index (κ3) is 3.91. The Bertz CT molecular complexity index is 344. The van der Waals surface area contributed by atoms with E-state index in [1.54, 1.807) is 7.11 Å². The highest BCUT2D eigenvalue weighted by Crippen LogP contribution is 2.19. The largest absolute Gasteiger partial charge is 0.497 e. The summed E-state index contributed by atoms with van der Waals surface area (Å²) >= 11 is 0. The molecule has 1 saturated carbocycles. The Morgan fingerprint density at radius 2 is 1.78 bits per heavy atom. The van der Waals surface area contributed by atoms with Gasteiger partial charge in [0.25, 0.3) is 0 Å². The Balaban J connectivity index is 1.73. The summed E-state index contributed by atoms with van der Waals surface area (Å²) in [4.78, 5) is 0. The summed E-state index contributed by atoms with van der Waals surface area (Å²) in [5.41, 5.74) is 0. The molecule has 18 heavy (non-hydrogen) atoms. The van der Waals surface area contributed by atoms with Crippen LogP contribution in [0.5, 0.6) is 11.5 Å². The second kappa shape index (κ2) is 6.64. The Morgan fingerprint density at radius 1 is 1.17 bits per heavy atom. The molecule has 1 aliphatic rings. The minimum atomic E-state index is 0.194. The number of hydrogen-bond donors (Lipinski definition) is 1. The van der Waals surface area contributed by atoms with Gasteiger partial charge in [-0.15, -0.1) is 0 Å². The highest BCUT2D eigenvalue weighted by atomic mass is 16.5. The highest BCUT2D eigenvalue weighted by Gasteiger charge is 2.15. The van der Waals surface area contributed by atoms with E-state index < -0.39 is 0 Å². The van der Waals surface area contributed by atoms with Crippen LogP contribution in [0.1, 0.15) is 32.6 Å². The molecule has 1 N–H and O–H groups in total. The van der Waals surface area contributed by atoms with Crippen molar-refractivity contribution in [3.05, 3.63) is 24.3 Å². The predicted octanol–water partition coefficient (Wildman–Crippen LogP) is 2.99. The fourth-order valence-electron chi connectivity index (χ4n) is 2.39. The third-order valence-electron chi connectivity index (χ3n) is 3.45. The molecule has 3 heteroatoms. The Morgan fingerprint density at radius 3 is 2.39 bits per heavy atom. The number of benzene rings is 1. The van der Waals surface area contributed by atoms with Crippen LogP contribution in [0.25, 0.3) is 0 Å². The van der Waals surface area contributed by atoms with Gasteiger partial charge in [0.15, 0.2) is 0 Å². The lowest BCUT2D eigenvalue weighted by Gasteiger charge is -2.18. The monoisotopic (exact) mass is 249 g/mol. The second-order valence-corrected chi connectivity index (χ2v) is 4.99. The summed E-state index contributed by atoms with van der Waals surface area (Å²) in [7, 11) is 1.67. The van der Waals surface area contributed by atoms with E-state index in [4.69, 9.17) is 9.47 Å². The summed E-state index contributed by atoms with van der Waals surface area (Å²) in [6, 6.07) is 8.45. The van der Waals surface area contributed by atoms with Crippen molar-refractivity contribution in [1.29, 1.82) is 0 Å². The molecule has 1 atom stereocenters. The molecule has 1 aliphatic carbocycles. The van der Waals surface area contributed by atoms with E-state index in [2.05, 4.69) is 12.2 Å². The molecule has 1 aromatic carbocycles. The summed E-state index contributed by atoms with van der Waals surface area (Å²) in [6.07, 6.45) is 5.56. The fourth-order valence-corrected chi connectivity index (χ4v) is 2.39. The van der Waals surface area contributed by atoms with Crippen LogP contribution in [0.4, 0.5) is 0 Å². The molecule has 0 saturated heterocycles. The van der Waals surface area contributed by atoms with Crippen LogP contribution in [-0.4, -0.2) is 25.8 Å². The lowest BCUT2D eigenvalue weighted by molar-refractivity contribution is 0.211. The summed E-state index contributed by atoms with van der Waals surface area (Å²) in [5, 5.41) is 3.57. The fraction of sp³-hybridized carbons (Fsp3) is 0.600. The molecule has 0 spiro atoms. The first-order valence-electron chi connectivity index (χ1n) is 6.82. The molecular formula is C15H23NO2. The summed E-state index contributed by atoms with van der Waals surface area (Å²) in [6.45, 7) is 3.02. The first-order valence-corrected chi connectivity index (χ1v) is 6.82. The molecule has 100 valence electrons. The zero-order valence-electron chi connectivity index (χ0n) is 11.3. The lowest BCUT2D eigenvalue weighted by atomic mass is 10.2. The molecule has 0 radical (unpaired) electrons. The molecule has 1 fully saturated rings. The van der Waals surface area contributed by atoms with E-state index in [-0.39, 0.29) is 6.10 Å². The maximum Gasteiger partial charge on any atom is 0.120 e. The van der Waals surface area contributed by atoms with Crippen LogP contribution in [-0.2, 0) is 0 Å². The maximum atomic E-state index is 5.86. The number of rotatable bonds is 6. The van der Waals surface area contributed by atoms with E-state index in [0.717, 1.165) is 18.0 Å². The van der Waals surface area contributed by atoms with Gasteiger partial charge in [-0.05, 0) is 44.0 Å². The number of methoxy groups -OCH3 is 1. The third-order valence-corrected chi connectivity index (χ3v) is 3.45. The molecule has 1 aromatic rings. The van der Waals surface area contributed by atoms with Gasteiger partial charge >= 0.3 is 0 Å². The van der Waals surface area contributed by atoms with Crippen LogP contribution in [0, 0.1) is 0 Å². The van der Waals surface area contributed by atoms with Crippen molar-refractivity contribution in [2.45, 2.75) is 44.8 Å². The van der Waals surface area contributed by atoms with E-state index in [1.165, 1.54) is 25.7 Å².